The summed E-state index contributed by atoms with van der Waals surface area (Å²) in [7, 11) is 1.84. The molecular weight excluding hydrogens is 303 g/mol. The molecule has 2 aromatic rings. The van der Waals surface area contributed by atoms with Gasteiger partial charge in [-0.05, 0) is 32.0 Å². The number of hydrogen-bond acceptors (Lipinski definition) is 2. The van der Waals surface area contributed by atoms with Gasteiger partial charge in [-0.25, -0.2) is 0 Å². The molecule has 0 spiro atoms. The molecule has 0 aliphatic carbocycles. The van der Waals surface area contributed by atoms with E-state index in [1.807, 2.05) is 20.9 Å². The average Bonchev–Trinajstić information content (AvgIpc) is 2.61. The number of aromatic nitrogens is 2. The van der Waals surface area contributed by atoms with Crippen LogP contribution in [0.25, 0.3) is 0 Å². The van der Waals surface area contributed by atoms with Crippen LogP contribution in [0.5, 0.6) is 0 Å². The summed E-state index contributed by atoms with van der Waals surface area (Å²) in [5.41, 5.74) is 2.60. The third kappa shape index (κ3) is 3.32. The quantitative estimate of drug-likeness (QED) is 0.913. The largest absolute Gasteiger partial charge is 0.416 e. The molecule has 0 saturated carbocycles. The summed E-state index contributed by atoms with van der Waals surface area (Å²) in [6.45, 7) is 4.28. The van der Waals surface area contributed by atoms with E-state index in [0.717, 1.165) is 29.1 Å². The first-order valence-electron chi connectivity index (χ1n) is 6.30. The van der Waals surface area contributed by atoms with Crippen molar-refractivity contribution in [3.8, 4) is 0 Å². The molecular formula is C14H15ClF3N3. The van der Waals surface area contributed by atoms with E-state index in [1.54, 1.807) is 4.68 Å². The number of anilines is 1. The lowest BCUT2D eigenvalue weighted by molar-refractivity contribution is -0.137. The van der Waals surface area contributed by atoms with Crippen molar-refractivity contribution in [1.29, 1.82) is 0 Å². The lowest BCUT2D eigenvalue weighted by Crippen LogP contribution is -2.06. The summed E-state index contributed by atoms with van der Waals surface area (Å²) in [6.07, 6.45) is -4.39. The Morgan fingerprint density at radius 3 is 2.43 bits per heavy atom. The van der Waals surface area contributed by atoms with Gasteiger partial charge in [-0.2, -0.15) is 18.3 Å². The van der Waals surface area contributed by atoms with Crippen molar-refractivity contribution in [3.63, 3.8) is 0 Å². The van der Waals surface area contributed by atoms with Crippen LogP contribution >= 0.6 is 11.6 Å². The van der Waals surface area contributed by atoms with Crippen molar-refractivity contribution >= 4 is 17.3 Å². The van der Waals surface area contributed by atoms with Crippen LogP contribution in [-0.4, -0.2) is 9.78 Å². The van der Waals surface area contributed by atoms with E-state index in [2.05, 4.69) is 10.4 Å². The van der Waals surface area contributed by atoms with Crippen molar-refractivity contribution in [1.82, 2.24) is 9.78 Å². The zero-order valence-corrected chi connectivity index (χ0v) is 12.6. The van der Waals surface area contributed by atoms with Gasteiger partial charge in [-0.1, -0.05) is 11.6 Å². The van der Waals surface area contributed by atoms with Crippen molar-refractivity contribution in [2.24, 2.45) is 7.05 Å². The van der Waals surface area contributed by atoms with Crippen LogP contribution in [0.4, 0.5) is 18.9 Å². The van der Waals surface area contributed by atoms with E-state index in [9.17, 15) is 13.2 Å². The topological polar surface area (TPSA) is 29.9 Å². The normalized spacial score (nSPS) is 11.8. The number of nitrogens with zero attached hydrogens (tertiary/aromatic N) is 2. The average molecular weight is 318 g/mol. The van der Waals surface area contributed by atoms with Gasteiger partial charge in [0.05, 0.1) is 22.0 Å². The van der Waals surface area contributed by atoms with E-state index >= 15 is 0 Å². The molecule has 1 heterocycles. The Hall–Kier alpha value is -1.69. The molecule has 0 radical (unpaired) electrons. The summed E-state index contributed by atoms with van der Waals surface area (Å²) >= 11 is 5.90. The number of rotatable bonds is 3. The van der Waals surface area contributed by atoms with Gasteiger partial charge >= 0.3 is 6.18 Å². The van der Waals surface area contributed by atoms with E-state index < -0.39 is 11.7 Å². The van der Waals surface area contributed by atoms with Crippen LogP contribution in [0.1, 0.15) is 22.5 Å². The predicted octanol–water partition coefficient (Wildman–Crippen LogP) is 4.32. The molecule has 114 valence electrons. The molecule has 0 fully saturated rings. The highest BCUT2D eigenvalue weighted by Gasteiger charge is 2.30. The third-order valence-corrected chi connectivity index (χ3v) is 3.72. The van der Waals surface area contributed by atoms with Crippen molar-refractivity contribution < 1.29 is 13.2 Å². The Labute approximate surface area is 125 Å². The first kappa shape index (κ1) is 15.7. The summed E-state index contributed by atoms with van der Waals surface area (Å²) in [6, 6.07) is 3.27. The molecule has 0 saturated heterocycles. The molecule has 7 heteroatoms. The van der Waals surface area contributed by atoms with Gasteiger partial charge in [0.2, 0.25) is 0 Å². The molecule has 21 heavy (non-hydrogen) atoms. The molecule has 0 unspecified atom stereocenters. The maximum atomic E-state index is 12.6. The Kier molecular flexibility index (Phi) is 4.18. The Bertz CT molecular complexity index is 662. The van der Waals surface area contributed by atoms with Crippen molar-refractivity contribution in [2.45, 2.75) is 26.6 Å². The monoisotopic (exact) mass is 317 g/mol. The molecule has 0 bridgehead atoms. The van der Waals surface area contributed by atoms with E-state index in [4.69, 9.17) is 11.6 Å². The predicted molar refractivity (Wildman–Crippen MR) is 76.5 cm³/mol. The van der Waals surface area contributed by atoms with Crippen LogP contribution in [0, 0.1) is 13.8 Å². The molecule has 1 N–H and O–H groups in total. The fourth-order valence-corrected chi connectivity index (χ4v) is 2.34. The van der Waals surface area contributed by atoms with Gasteiger partial charge in [0.25, 0.3) is 0 Å². The Morgan fingerprint density at radius 2 is 1.95 bits per heavy atom. The Balaban J connectivity index is 2.17. The third-order valence-electron chi connectivity index (χ3n) is 3.41. The number of halogens is 4. The molecule has 2 rings (SSSR count). The van der Waals surface area contributed by atoms with E-state index in [-0.39, 0.29) is 5.02 Å². The molecule has 0 aliphatic heterocycles. The summed E-state index contributed by atoms with van der Waals surface area (Å²) in [4.78, 5) is 0. The van der Waals surface area contributed by atoms with Gasteiger partial charge in [0, 0.05) is 24.8 Å². The molecule has 1 aromatic carbocycles. The van der Waals surface area contributed by atoms with Gasteiger partial charge in [-0.3, -0.25) is 4.68 Å². The number of nitrogens with one attached hydrogen (secondary N) is 1. The highest BCUT2D eigenvalue weighted by molar-refractivity contribution is 6.33. The number of aryl methyl sites for hydroxylation is 2. The van der Waals surface area contributed by atoms with Crippen LogP contribution in [0.15, 0.2) is 18.2 Å². The smallest absolute Gasteiger partial charge is 0.380 e. The SMILES string of the molecule is Cc1nn(C)c(C)c1CNc1ccc(C(F)(F)F)cc1Cl. The maximum absolute atomic E-state index is 12.6. The number of alkyl halides is 3. The second-order valence-electron chi connectivity index (χ2n) is 4.82. The van der Waals surface area contributed by atoms with Crippen LogP contribution in [-0.2, 0) is 19.8 Å². The minimum absolute atomic E-state index is 0.0454. The first-order chi connectivity index (χ1) is 9.70. The number of benzene rings is 1. The first-order valence-corrected chi connectivity index (χ1v) is 6.67. The van der Waals surface area contributed by atoms with E-state index in [0.29, 0.717) is 12.2 Å². The van der Waals surface area contributed by atoms with Crippen LogP contribution in [0.3, 0.4) is 0 Å². The lowest BCUT2D eigenvalue weighted by atomic mass is 10.1. The number of hydrogen-bond donors (Lipinski definition) is 1. The molecule has 0 aliphatic rings. The summed E-state index contributed by atoms with van der Waals surface area (Å²) in [5, 5.41) is 7.38. The molecule has 0 atom stereocenters. The van der Waals surface area contributed by atoms with Gasteiger partial charge in [-0.15, -0.1) is 0 Å². The fourth-order valence-electron chi connectivity index (χ4n) is 2.09. The molecule has 1 aromatic heterocycles. The lowest BCUT2D eigenvalue weighted by Gasteiger charge is -2.12. The van der Waals surface area contributed by atoms with Gasteiger partial charge < -0.3 is 5.32 Å². The minimum atomic E-state index is -4.39. The summed E-state index contributed by atoms with van der Waals surface area (Å²) < 4.78 is 39.5. The maximum Gasteiger partial charge on any atom is 0.416 e. The molecule has 0 amide bonds. The van der Waals surface area contributed by atoms with Gasteiger partial charge in [0.1, 0.15) is 0 Å². The molecule has 3 nitrogen and oxygen atoms in total. The fraction of sp³-hybridized carbons (Fsp3) is 0.357. The highest BCUT2D eigenvalue weighted by Crippen LogP contribution is 2.34. The van der Waals surface area contributed by atoms with Gasteiger partial charge in [0.15, 0.2) is 0 Å². The van der Waals surface area contributed by atoms with Crippen LogP contribution in [0.2, 0.25) is 5.02 Å². The second-order valence-corrected chi connectivity index (χ2v) is 5.23. The summed E-state index contributed by atoms with van der Waals surface area (Å²) in [5.74, 6) is 0. The zero-order valence-electron chi connectivity index (χ0n) is 11.8. The van der Waals surface area contributed by atoms with Crippen LogP contribution < -0.4 is 5.32 Å². The zero-order chi connectivity index (χ0) is 15.8. The standard InChI is InChI=1S/C14H15ClF3N3/c1-8-11(9(2)21(3)20-8)7-19-13-5-4-10(6-12(13)15)14(16,17)18/h4-6,19H,7H2,1-3H3. The van der Waals surface area contributed by atoms with E-state index in [1.165, 1.54) is 6.07 Å². The highest BCUT2D eigenvalue weighted by atomic mass is 35.5. The van der Waals surface area contributed by atoms with Crippen molar-refractivity contribution in [3.05, 3.63) is 45.7 Å². The van der Waals surface area contributed by atoms with Crippen molar-refractivity contribution in [2.75, 3.05) is 5.32 Å². The minimum Gasteiger partial charge on any atom is -0.380 e. The Morgan fingerprint density at radius 1 is 1.29 bits per heavy atom. The second kappa shape index (κ2) is 5.60.